The van der Waals surface area contributed by atoms with Gasteiger partial charge in [0.2, 0.25) is 0 Å². The van der Waals surface area contributed by atoms with Crippen molar-refractivity contribution in [3.05, 3.63) is 47.5 Å². The van der Waals surface area contributed by atoms with Crippen molar-refractivity contribution < 1.29 is 4.74 Å². The molecule has 2 N–H and O–H groups in total. The SMILES string of the molecule is CCc1nc(C)ccc1Oc1cncc(CC(N)CC)c1. The Morgan fingerprint density at radius 1 is 1.24 bits per heavy atom. The molecule has 0 aromatic carbocycles. The van der Waals surface area contributed by atoms with Crippen LogP contribution in [0, 0.1) is 6.92 Å². The maximum atomic E-state index is 5.99. The average molecular weight is 285 g/mol. The number of rotatable bonds is 6. The minimum atomic E-state index is 0.161. The summed E-state index contributed by atoms with van der Waals surface area (Å²) in [5.74, 6) is 1.53. The van der Waals surface area contributed by atoms with E-state index in [0.29, 0.717) is 0 Å². The molecule has 112 valence electrons. The number of ether oxygens (including phenoxy) is 1. The maximum Gasteiger partial charge on any atom is 0.148 e. The van der Waals surface area contributed by atoms with Crippen molar-refractivity contribution in [2.24, 2.45) is 5.73 Å². The highest BCUT2D eigenvalue weighted by Crippen LogP contribution is 2.25. The summed E-state index contributed by atoms with van der Waals surface area (Å²) in [6.07, 6.45) is 6.17. The molecule has 2 rings (SSSR count). The second-order valence-corrected chi connectivity index (χ2v) is 5.25. The fraction of sp³-hybridized carbons (Fsp3) is 0.412. The van der Waals surface area contributed by atoms with Crippen LogP contribution in [0.1, 0.15) is 37.2 Å². The zero-order chi connectivity index (χ0) is 15.2. The summed E-state index contributed by atoms with van der Waals surface area (Å²) in [7, 11) is 0. The van der Waals surface area contributed by atoms with Crippen LogP contribution < -0.4 is 10.5 Å². The van der Waals surface area contributed by atoms with Crippen molar-refractivity contribution in [2.45, 2.75) is 46.1 Å². The summed E-state index contributed by atoms with van der Waals surface area (Å²) in [5.41, 5.74) is 9.05. The smallest absolute Gasteiger partial charge is 0.148 e. The minimum Gasteiger partial charge on any atom is -0.454 e. The van der Waals surface area contributed by atoms with E-state index in [2.05, 4.69) is 23.8 Å². The molecule has 4 heteroatoms. The lowest BCUT2D eigenvalue weighted by molar-refractivity contribution is 0.469. The zero-order valence-corrected chi connectivity index (χ0v) is 13.0. The molecule has 0 aliphatic heterocycles. The highest BCUT2D eigenvalue weighted by Gasteiger charge is 2.08. The van der Waals surface area contributed by atoms with E-state index < -0.39 is 0 Å². The summed E-state index contributed by atoms with van der Waals surface area (Å²) >= 11 is 0. The van der Waals surface area contributed by atoms with Crippen molar-refractivity contribution in [1.29, 1.82) is 0 Å². The minimum absolute atomic E-state index is 0.161. The molecule has 1 atom stereocenters. The molecule has 2 aromatic rings. The summed E-state index contributed by atoms with van der Waals surface area (Å²) in [5, 5.41) is 0. The standard InChI is InChI=1S/C17H23N3O/c1-4-14(18)8-13-9-15(11-19-10-13)21-17-7-6-12(3)20-16(17)5-2/h6-7,9-11,14H,4-5,8,18H2,1-3H3. The van der Waals surface area contributed by atoms with E-state index in [1.165, 1.54) is 0 Å². The Kier molecular flexibility index (Phi) is 5.28. The number of nitrogens with two attached hydrogens (primary N) is 1. The zero-order valence-electron chi connectivity index (χ0n) is 13.0. The Morgan fingerprint density at radius 2 is 2.05 bits per heavy atom. The molecule has 21 heavy (non-hydrogen) atoms. The van der Waals surface area contributed by atoms with Crippen LogP contribution in [0.3, 0.4) is 0 Å². The van der Waals surface area contributed by atoms with Crippen molar-refractivity contribution in [1.82, 2.24) is 9.97 Å². The molecular weight excluding hydrogens is 262 g/mol. The monoisotopic (exact) mass is 285 g/mol. The van der Waals surface area contributed by atoms with Crippen LogP contribution in [0.25, 0.3) is 0 Å². The molecule has 0 saturated carbocycles. The Balaban J connectivity index is 2.18. The molecule has 4 nitrogen and oxygen atoms in total. The van der Waals surface area contributed by atoms with Crippen LogP contribution in [0.5, 0.6) is 11.5 Å². The van der Waals surface area contributed by atoms with Gasteiger partial charge in [0.1, 0.15) is 11.5 Å². The van der Waals surface area contributed by atoms with Gasteiger partial charge in [0.15, 0.2) is 0 Å². The van der Waals surface area contributed by atoms with Gasteiger partial charge in [-0.25, -0.2) is 0 Å². The van der Waals surface area contributed by atoms with E-state index in [9.17, 15) is 0 Å². The quantitative estimate of drug-likeness (QED) is 0.883. The van der Waals surface area contributed by atoms with Crippen LogP contribution in [-0.4, -0.2) is 16.0 Å². The number of pyridine rings is 2. The molecular formula is C17H23N3O. The Bertz CT molecular complexity index is 598. The summed E-state index contributed by atoms with van der Waals surface area (Å²) in [6, 6.07) is 6.08. The number of hydrogen-bond acceptors (Lipinski definition) is 4. The first-order valence-electron chi connectivity index (χ1n) is 7.46. The Labute approximate surface area is 126 Å². The third-order valence-corrected chi connectivity index (χ3v) is 3.43. The van der Waals surface area contributed by atoms with Gasteiger partial charge >= 0.3 is 0 Å². The molecule has 0 aliphatic rings. The molecule has 0 saturated heterocycles. The molecule has 0 spiro atoms. The van der Waals surface area contributed by atoms with Crippen molar-refractivity contribution in [3.63, 3.8) is 0 Å². The first-order chi connectivity index (χ1) is 10.1. The van der Waals surface area contributed by atoms with E-state index in [-0.39, 0.29) is 6.04 Å². The normalized spacial score (nSPS) is 12.2. The number of aromatic nitrogens is 2. The van der Waals surface area contributed by atoms with Gasteiger partial charge in [-0.05, 0) is 49.9 Å². The lowest BCUT2D eigenvalue weighted by Gasteiger charge is -2.12. The maximum absolute atomic E-state index is 5.99. The van der Waals surface area contributed by atoms with Crippen LogP contribution in [0.15, 0.2) is 30.6 Å². The third kappa shape index (κ3) is 4.26. The van der Waals surface area contributed by atoms with E-state index >= 15 is 0 Å². The number of nitrogens with zero attached hydrogens (tertiary/aromatic N) is 2. The van der Waals surface area contributed by atoms with E-state index in [4.69, 9.17) is 10.5 Å². The van der Waals surface area contributed by atoms with Crippen LogP contribution in [0.4, 0.5) is 0 Å². The molecule has 0 aliphatic carbocycles. The first kappa shape index (κ1) is 15.4. The van der Waals surface area contributed by atoms with Crippen molar-refractivity contribution in [3.8, 4) is 11.5 Å². The van der Waals surface area contributed by atoms with E-state index in [1.54, 1.807) is 6.20 Å². The van der Waals surface area contributed by atoms with Gasteiger partial charge in [-0.3, -0.25) is 9.97 Å². The predicted molar refractivity (Wildman–Crippen MR) is 84.6 cm³/mol. The van der Waals surface area contributed by atoms with Crippen molar-refractivity contribution >= 4 is 0 Å². The lowest BCUT2D eigenvalue weighted by atomic mass is 10.1. The second-order valence-electron chi connectivity index (χ2n) is 5.25. The number of hydrogen-bond donors (Lipinski definition) is 1. The fourth-order valence-electron chi connectivity index (χ4n) is 2.15. The van der Waals surface area contributed by atoms with Gasteiger partial charge in [0, 0.05) is 17.9 Å². The molecule has 2 aromatic heterocycles. The molecule has 0 fully saturated rings. The first-order valence-corrected chi connectivity index (χ1v) is 7.46. The molecule has 0 bridgehead atoms. The van der Waals surface area contributed by atoms with E-state index in [1.807, 2.05) is 31.3 Å². The summed E-state index contributed by atoms with van der Waals surface area (Å²) < 4.78 is 5.95. The lowest BCUT2D eigenvalue weighted by Crippen LogP contribution is -2.21. The van der Waals surface area contributed by atoms with Gasteiger partial charge in [0.05, 0.1) is 11.9 Å². The van der Waals surface area contributed by atoms with Gasteiger partial charge < -0.3 is 10.5 Å². The van der Waals surface area contributed by atoms with Gasteiger partial charge in [-0.1, -0.05) is 13.8 Å². The molecule has 0 amide bonds. The summed E-state index contributed by atoms with van der Waals surface area (Å²) in [6.45, 7) is 6.14. The second kappa shape index (κ2) is 7.18. The molecule has 0 radical (unpaired) electrons. The van der Waals surface area contributed by atoms with Crippen LogP contribution in [0.2, 0.25) is 0 Å². The highest BCUT2D eigenvalue weighted by molar-refractivity contribution is 5.35. The van der Waals surface area contributed by atoms with Gasteiger partial charge in [-0.2, -0.15) is 0 Å². The fourth-order valence-corrected chi connectivity index (χ4v) is 2.15. The van der Waals surface area contributed by atoms with E-state index in [0.717, 1.165) is 47.7 Å². The molecule has 2 heterocycles. The van der Waals surface area contributed by atoms with Crippen LogP contribution in [-0.2, 0) is 12.8 Å². The molecule has 1 unspecified atom stereocenters. The number of aryl methyl sites for hydroxylation is 2. The van der Waals surface area contributed by atoms with Gasteiger partial charge in [-0.15, -0.1) is 0 Å². The van der Waals surface area contributed by atoms with Crippen molar-refractivity contribution in [2.75, 3.05) is 0 Å². The average Bonchev–Trinajstić information content (AvgIpc) is 2.49. The topological polar surface area (TPSA) is 61.0 Å². The Morgan fingerprint density at radius 3 is 2.76 bits per heavy atom. The predicted octanol–water partition coefficient (Wildman–Crippen LogP) is 3.42. The highest BCUT2D eigenvalue weighted by atomic mass is 16.5. The van der Waals surface area contributed by atoms with Gasteiger partial charge in [0.25, 0.3) is 0 Å². The summed E-state index contributed by atoms with van der Waals surface area (Å²) in [4.78, 5) is 8.75. The Hall–Kier alpha value is -1.94. The largest absolute Gasteiger partial charge is 0.454 e. The van der Waals surface area contributed by atoms with Crippen LogP contribution >= 0.6 is 0 Å². The third-order valence-electron chi connectivity index (χ3n) is 3.43.